The largest absolute Gasteiger partial charge is 0.507 e. The van der Waals surface area contributed by atoms with Crippen LogP contribution in [0.2, 0.25) is 0 Å². The number of nitrogens with zero attached hydrogens (tertiary/aromatic N) is 4. The van der Waals surface area contributed by atoms with Crippen LogP contribution in [0.3, 0.4) is 0 Å². The van der Waals surface area contributed by atoms with Gasteiger partial charge in [-0.1, -0.05) is 165 Å². The van der Waals surface area contributed by atoms with E-state index < -0.39 is 0 Å². The first-order valence-corrected chi connectivity index (χ1v) is 24.1. The molecule has 8 aromatic carbocycles. The number of para-hydroxylation sites is 3. The van der Waals surface area contributed by atoms with Gasteiger partial charge in [-0.2, -0.15) is 0 Å². The normalized spacial score (nSPS) is 12.5. The Morgan fingerprint density at radius 1 is 0.420 bits per heavy atom. The third-order valence-electron chi connectivity index (χ3n) is 13.9. The van der Waals surface area contributed by atoms with Crippen LogP contribution in [-0.2, 0) is 16.2 Å². The maximum absolute atomic E-state index is 11.4. The van der Waals surface area contributed by atoms with Crippen molar-refractivity contribution in [1.29, 1.82) is 0 Å². The van der Waals surface area contributed by atoms with Crippen LogP contribution < -0.4 is 0 Å². The fraction of sp³-hybridized carbons (Fsp3) is 0.188. The minimum Gasteiger partial charge on any atom is -0.507 e. The minimum atomic E-state index is -0.159. The van der Waals surface area contributed by atoms with Gasteiger partial charge in [0, 0.05) is 39.2 Å². The Kier molecular flexibility index (Phi) is 10.3. The number of fused-ring (bicyclic) bond motifs is 5. The standard InChI is InChI=1S/C64H58N4O/c1-62(2,3)45-33-43(50-23-17-26-57-60(50)66-61(53-22-13-15-27-59(53)69)67(57)48-38-46(63(4,5)6)37-47(39-48)64(7,8)9)32-44(34-45)54-35-42(30-31-65-54)41-28-29-52-51-21-12-14-24-56(51)68(58(52)36-41)55-25-16-19-40-18-10-11-20-49(40)55/h10-39,69H,1-9H3. The number of rotatable bonds is 6. The molecule has 0 aliphatic rings. The Labute approximate surface area is 405 Å². The molecule has 11 aromatic rings. The van der Waals surface area contributed by atoms with Crippen molar-refractivity contribution < 1.29 is 5.11 Å². The van der Waals surface area contributed by atoms with Gasteiger partial charge in [0.25, 0.3) is 0 Å². The molecule has 0 amide bonds. The first-order valence-electron chi connectivity index (χ1n) is 24.1. The van der Waals surface area contributed by atoms with Crippen LogP contribution in [0.1, 0.15) is 79.0 Å². The zero-order chi connectivity index (χ0) is 48.0. The molecule has 0 bridgehead atoms. The van der Waals surface area contributed by atoms with Crippen LogP contribution in [0.25, 0.3) is 99.9 Å². The summed E-state index contributed by atoms with van der Waals surface area (Å²) in [5.74, 6) is 0.885. The van der Waals surface area contributed by atoms with Crippen LogP contribution in [0.5, 0.6) is 5.75 Å². The third-order valence-corrected chi connectivity index (χ3v) is 13.9. The van der Waals surface area contributed by atoms with E-state index in [4.69, 9.17) is 9.97 Å². The first-order chi connectivity index (χ1) is 33.0. The third kappa shape index (κ3) is 7.76. The first kappa shape index (κ1) is 43.8. The Balaban J connectivity index is 1.09. The summed E-state index contributed by atoms with van der Waals surface area (Å²) in [6, 6.07) is 63.0. The monoisotopic (exact) mass is 898 g/mol. The Hall–Kier alpha value is -7.76. The summed E-state index contributed by atoms with van der Waals surface area (Å²) in [6.45, 7) is 20.4. The highest BCUT2D eigenvalue weighted by atomic mass is 16.3. The van der Waals surface area contributed by atoms with E-state index in [0.717, 1.165) is 55.7 Å². The molecular formula is C64H58N4O. The summed E-state index contributed by atoms with van der Waals surface area (Å²) in [4.78, 5) is 10.6. The second-order valence-electron chi connectivity index (χ2n) is 21.8. The average molecular weight is 899 g/mol. The van der Waals surface area contributed by atoms with Crippen LogP contribution >= 0.6 is 0 Å². The van der Waals surface area contributed by atoms with Gasteiger partial charge in [-0.25, -0.2) is 4.98 Å². The highest BCUT2D eigenvalue weighted by Crippen LogP contribution is 2.43. The molecule has 0 saturated carbocycles. The fourth-order valence-electron chi connectivity index (χ4n) is 9.99. The second kappa shape index (κ2) is 16.2. The Morgan fingerprint density at radius 2 is 1.01 bits per heavy atom. The van der Waals surface area contributed by atoms with Crippen molar-refractivity contribution in [3.8, 4) is 62.0 Å². The molecule has 0 aliphatic heterocycles. The number of imidazole rings is 1. The van der Waals surface area contributed by atoms with E-state index >= 15 is 0 Å². The van der Waals surface area contributed by atoms with Gasteiger partial charge in [0.15, 0.2) is 0 Å². The smallest absolute Gasteiger partial charge is 0.149 e. The number of phenols is 1. The average Bonchev–Trinajstić information content (AvgIpc) is 3.89. The molecule has 3 aromatic heterocycles. The van der Waals surface area contributed by atoms with E-state index in [-0.39, 0.29) is 22.0 Å². The highest BCUT2D eigenvalue weighted by molar-refractivity contribution is 6.11. The predicted octanol–water partition coefficient (Wildman–Crippen LogP) is 16.9. The van der Waals surface area contributed by atoms with Crippen LogP contribution in [0.4, 0.5) is 0 Å². The maximum Gasteiger partial charge on any atom is 0.149 e. The molecule has 11 rings (SSSR count). The number of aromatic hydroxyl groups is 1. The van der Waals surface area contributed by atoms with Crippen LogP contribution in [0.15, 0.2) is 182 Å². The van der Waals surface area contributed by atoms with Crippen molar-refractivity contribution in [2.24, 2.45) is 0 Å². The van der Waals surface area contributed by atoms with E-state index in [0.29, 0.717) is 11.4 Å². The lowest BCUT2D eigenvalue weighted by atomic mass is 9.80. The summed E-state index contributed by atoms with van der Waals surface area (Å²) in [6.07, 6.45) is 1.94. The van der Waals surface area contributed by atoms with Gasteiger partial charge in [0.05, 0.1) is 39.0 Å². The molecule has 3 heterocycles. The maximum atomic E-state index is 11.4. The number of hydrogen-bond acceptors (Lipinski definition) is 3. The van der Waals surface area contributed by atoms with Crippen molar-refractivity contribution in [2.45, 2.75) is 78.6 Å². The fourth-order valence-corrected chi connectivity index (χ4v) is 9.99. The highest BCUT2D eigenvalue weighted by Gasteiger charge is 2.26. The number of hydrogen-bond donors (Lipinski definition) is 1. The summed E-state index contributed by atoms with van der Waals surface area (Å²) < 4.78 is 4.67. The lowest BCUT2D eigenvalue weighted by Crippen LogP contribution is -2.17. The van der Waals surface area contributed by atoms with Crippen molar-refractivity contribution in [3.63, 3.8) is 0 Å². The summed E-state index contributed by atoms with van der Waals surface area (Å²) in [7, 11) is 0. The van der Waals surface area contributed by atoms with E-state index in [9.17, 15) is 5.11 Å². The number of phenolic OH excluding ortho intramolecular Hbond substituents is 1. The number of pyridine rings is 1. The SMILES string of the molecule is CC(C)(C)c1cc(-c2cc(-c3ccc4c5ccccc5n(-c5cccc6ccccc56)c4c3)ccn2)cc(-c2cccc3c2nc(-c2ccccc2O)n3-c2cc(C(C)(C)C)cc(C(C)(C)C)c2)c1. The van der Waals surface area contributed by atoms with Crippen molar-refractivity contribution in [1.82, 2.24) is 19.1 Å². The zero-order valence-electron chi connectivity index (χ0n) is 41.1. The molecule has 0 unspecified atom stereocenters. The van der Waals surface area contributed by atoms with Gasteiger partial charge in [-0.05, 0) is 128 Å². The van der Waals surface area contributed by atoms with Crippen LogP contribution in [-0.4, -0.2) is 24.2 Å². The zero-order valence-corrected chi connectivity index (χ0v) is 41.1. The molecule has 69 heavy (non-hydrogen) atoms. The number of aromatic nitrogens is 4. The molecule has 340 valence electrons. The van der Waals surface area contributed by atoms with Crippen LogP contribution in [0, 0.1) is 0 Å². The molecule has 0 radical (unpaired) electrons. The van der Waals surface area contributed by atoms with E-state index in [1.165, 1.54) is 49.4 Å². The lowest BCUT2D eigenvalue weighted by molar-refractivity contribution is 0.477. The van der Waals surface area contributed by atoms with Crippen molar-refractivity contribution in [2.75, 3.05) is 0 Å². The van der Waals surface area contributed by atoms with Gasteiger partial charge in [-0.3, -0.25) is 9.55 Å². The van der Waals surface area contributed by atoms with E-state index in [2.05, 4.69) is 223 Å². The Bertz CT molecular complexity index is 3770. The van der Waals surface area contributed by atoms with Crippen molar-refractivity contribution in [3.05, 3.63) is 199 Å². The summed E-state index contributed by atoms with van der Waals surface area (Å²) in [5.41, 5.74) is 16.6. The molecule has 0 spiro atoms. The van der Waals surface area contributed by atoms with Gasteiger partial charge in [0.2, 0.25) is 0 Å². The summed E-state index contributed by atoms with van der Waals surface area (Å²) >= 11 is 0. The molecule has 0 aliphatic carbocycles. The van der Waals surface area contributed by atoms with E-state index in [1.54, 1.807) is 6.07 Å². The lowest BCUT2D eigenvalue weighted by Gasteiger charge is -2.27. The predicted molar refractivity (Wildman–Crippen MR) is 290 cm³/mol. The molecule has 0 saturated heterocycles. The molecule has 0 atom stereocenters. The van der Waals surface area contributed by atoms with Gasteiger partial charge in [-0.15, -0.1) is 0 Å². The molecule has 0 fully saturated rings. The molecule has 5 nitrogen and oxygen atoms in total. The molecule has 1 N–H and O–H groups in total. The van der Waals surface area contributed by atoms with Crippen molar-refractivity contribution >= 4 is 43.6 Å². The topological polar surface area (TPSA) is 55.9 Å². The molecule has 5 heteroatoms. The van der Waals surface area contributed by atoms with Gasteiger partial charge < -0.3 is 9.67 Å². The van der Waals surface area contributed by atoms with Gasteiger partial charge in [0.1, 0.15) is 11.6 Å². The summed E-state index contributed by atoms with van der Waals surface area (Å²) in [5, 5.41) is 16.3. The second-order valence-corrected chi connectivity index (χ2v) is 21.8. The minimum absolute atomic E-state index is 0.0913. The number of benzene rings is 8. The quantitative estimate of drug-likeness (QED) is 0.181. The van der Waals surface area contributed by atoms with E-state index in [1.807, 2.05) is 24.4 Å². The van der Waals surface area contributed by atoms with Gasteiger partial charge >= 0.3 is 0 Å². The molecular weight excluding hydrogens is 841 g/mol. The Morgan fingerprint density at radius 3 is 1.77 bits per heavy atom.